The highest BCUT2D eigenvalue weighted by Gasteiger charge is 2.45. The molecule has 3 N–H and O–H groups in total. The topological polar surface area (TPSA) is 131 Å². The van der Waals surface area contributed by atoms with E-state index in [2.05, 4.69) is 5.32 Å². The van der Waals surface area contributed by atoms with Gasteiger partial charge in [0, 0.05) is 26.9 Å². The Morgan fingerprint density at radius 2 is 1.73 bits per heavy atom. The average Bonchev–Trinajstić information content (AvgIpc) is 3.26. The summed E-state index contributed by atoms with van der Waals surface area (Å²) in [4.78, 5) is 37.0. The predicted octanol–water partition coefficient (Wildman–Crippen LogP) is 2.71. The maximum atomic E-state index is 13.5. The molecule has 0 saturated heterocycles. The zero-order chi connectivity index (χ0) is 24.3. The van der Waals surface area contributed by atoms with Crippen LogP contribution in [0.3, 0.4) is 0 Å². The van der Waals surface area contributed by atoms with Crippen LogP contribution in [0, 0.1) is 23.2 Å². The molecule has 0 spiro atoms. The minimum absolute atomic E-state index is 0.00261. The van der Waals surface area contributed by atoms with E-state index in [1.54, 1.807) is 14.2 Å². The number of carboxylic acids is 2. The van der Waals surface area contributed by atoms with Gasteiger partial charge in [-0.3, -0.25) is 14.4 Å². The van der Waals surface area contributed by atoms with Crippen molar-refractivity contribution in [1.29, 1.82) is 0 Å². The van der Waals surface area contributed by atoms with Gasteiger partial charge in [0.2, 0.25) is 5.91 Å². The standard InChI is InChI=1S/C24H41NO8/c1-31-11-5-6-17-14-19(7-8-20(17)22(28)29)25-23(30)24(9-3-4-10-24)15-18(21(26)27)16-33-13-12-32-2/h17-20H,3-16H2,1-2H3,(H,25,30)(H,26,27)(H,28,29)/t17?,18-,19?,20?/m0/s1. The Balaban J connectivity index is 2.01. The zero-order valence-corrected chi connectivity index (χ0v) is 20.1. The van der Waals surface area contributed by atoms with Crippen molar-refractivity contribution in [2.75, 3.05) is 40.6 Å². The first-order valence-corrected chi connectivity index (χ1v) is 12.1. The number of nitrogens with one attached hydrogen (secondary N) is 1. The van der Waals surface area contributed by atoms with E-state index < -0.39 is 29.2 Å². The quantitative estimate of drug-likeness (QED) is 0.311. The summed E-state index contributed by atoms with van der Waals surface area (Å²) in [6.45, 7) is 1.35. The average molecular weight is 472 g/mol. The Morgan fingerprint density at radius 1 is 1.03 bits per heavy atom. The summed E-state index contributed by atoms with van der Waals surface area (Å²) < 4.78 is 15.5. The molecule has 0 heterocycles. The Bertz CT molecular complexity index is 634. The first-order valence-electron chi connectivity index (χ1n) is 12.1. The van der Waals surface area contributed by atoms with Crippen molar-refractivity contribution in [2.24, 2.45) is 23.2 Å². The third kappa shape index (κ3) is 8.22. The van der Waals surface area contributed by atoms with Gasteiger partial charge in [0.05, 0.1) is 37.1 Å². The molecule has 0 radical (unpaired) electrons. The van der Waals surface area contributed by atoms with Gasteiger partial charge in [-0.2, -0.15) is 0 Å². The minimum Gasteiger partial charge on any atom is -0.481 e. The molecule has 4 atom stereocenters. The molecule has 1 amide bonds. The summed E-state index contributed by atoms with van der Waals surface area (Å²) in [7, 11) is 3.19. The number of aliphatic carboxylic acids is 2. The van der Waals surface area contributed by atoms with E-state index in [1.807, 2.05) is 0 Å². The molecule has 0 aromatic heterocycles. The van der Waals surface area contributed by atoms with E-state index in [0.717, 1.165) is 25.7 Å². The summed E-state index contributed by atoms with van der Waals surface area (Å²) in [5.41, 5.74) is -0.705. The van der Waals surface area contributed by atoms with Crippen molar-refractivity contribution < 1.29 is 38.8 Å². The molecule has 2 aliphatic rings. The number of methoxy groups -OCH3 is 2. The second kappa shape index (κ2) is 13.9. The highest BCUT2D eigenvalue weighted by molar-refractivity contribution is 5.84. The van der Waals surface area contributed by atoms with Crippen molar-refractivity contribution in [2.45, 2.75) is 70.3 Å². The van der Waals surface area contributed by atoms with E-state index in [4.69, 9.17) is 14.2 Å². The van der Waals surface area contributed by atoms with Crippen LogP contribution in [0.1, 0.15) is 64.2 Å². The van der Waals surface area contributed by atoms with Gasteiger partial charge in [-0.25, -0.2) is 0 Å². The van der Waals surface area contributed by atoms with Gasteiger partial charge in [-0.15, -0.1) is 0 Å². The fourth-order valence-electron chi connectivity index (χ4n) is 5.50. The van der Waals surface area contributed by atoms with Crippen molar-refractivity contribution in [3.8, 4) is 0 Å². The number of carboxylic acid groups (broad SMARTS) is 2. The SMILES string of the molecule is COCCCC1CC(NC(=O)C2(C[C@@H](COCCOC)C(=O)O)CCCC2)CCC1C(=O)O. The number of hydrogen-bond acceptors (Lipinski definition) is 6. The zero-order valence-electron chi connectivity index (χ0n) is 20.1. The van der Waals surface area contributed by atoms with Crippen molar-refractivity contribution >= 4 is 17.8 Å². The molecular weight excluding hydrogens is 430 g/mol. The molecule has 9 nitrogen and oxygen atoms in total. The van der Waals surface area contributed by atoms with Crippen molar-refractivity contribution in [3.05, 3.63) is 0 Å². The summed E-state index contributed by atoms with van der Waals surface area (Å²) in [6, 6.07) is -0.0839. The summed E-state index contributed by atoms with van der Waals surface area (Å²) in [5, 5.41) is 22.5. The molecule has 33 heavy (non-hydrogen) atoms. The van der Waals surface area contributed by atoms with E-state index >= 15 is 0 Å². The second-order valence-electron chi connectivity index (χ2n) is 9.62. The normalized spacial score (nSPS) is 25.5. The largest absolute Gasteiger partial charge is 0.481 e. The molecule has 2 saturated carbocycles. The van der Waals surface area contributed by atoms with Gasteiger partial charge >= 0.3 is 11.9 Å². The number of carbonyl (C=O) groups excluding carboxylic acids is 1. The third-order valence-electron chi connectivity index (χ3n) is 7.34. The fourth-order valence-corrected chi connectivity index (χ4v) is 5.50. The van der Waals surface area contributed by atoms with E-state index in [0.29, 0.717) is 51.9 Å². The van der Waals surface area contributed by atoms with Crippen LogP contribution in [-0.4, -0.2) is 74.7 Å². The third-order valence-corrected chi connectivity index (χ3v) is 7.34. The van der Waals surface area contributed by atoms with Crippen LogP contribution >= 0.6 is 0 Å². The van der Waals surface area contributed by atoms with Crippen LogP contribution in [0.15, 0.2) is 0 Å². The van der Waals surface area contributed by atoms with Crippen molar-refractivity contribution in [1.82, 2.24) is 5.32 Å². The number of carbonyl (C=O) groups is 3. The lowest BCUT2D eigenvalue weighted by Gasteiger charge is -2.37. The lowest BCUT2D eigenvalue weighted by atomic mass is 9.73. The molecule has 0 aliphatic heterocycles. The van der Waals surface area contributed by atoms with Crippen LogP contribution in [0.2, 0.25) is 0 Å². The van der Waals surface area contributed by atoms with Crippen LogP contribution < -0.4 is 5.32 Å². The first-order chi connectivity index (χ1) is 15.8. The maximum Gasteiger partial charge on any atom is 0.308 e. The minimum atomic E-state index is -0.952. The van der Waals surface area contributed by atoms with E-state index in [-0.39, 0.29) is 30.9 Å². The van der Waals surface area contributed by atoms with Crippen LogP contribution in [-0.2, 0) is 28.6 Å². The first kappa shape index (κ1) is 27.5. The molecule has 0 bridgehead atoms. The molecular formula is C24H41NO8. The molecule has 3 unspecified atom stereocenters. The fraction of sp³-hybridized carbons (Fsp3) is 0.875. The van der Waals surface area contributed by atoms with E-state index in [1.165, 1.54) is 0 Å². The van der Waals surface area contributed by atoms with Gasteiger partial charge < -0.3 is 29.7 Å². The predicted molar refractivity (Wildman–Crippen MR) is 121 cm³/mol. The van der Waals surface area contributed by atoms with Crippen molar-refractivity contribution in [3.63, 3.8) is 0 Å². The molecule has 2 aliphatic carbocycles. The molecule has 0 aromatic rings. The molecule has 2 fully saturated rings. The van der Waals surface area contributed by atoms with Gasteiger partial charge in [0.25, 0.3) is 0 Å². The maximum absolute atomic E-state index is 13.5. The van der Waals surface area contributed by atoms with Crippen LogP contribution in [0.5, 0.6) is 0 Å². The summed E-state index contributed by atoms with van der Waals surface area (Å²) in [6.07, 6.45) is 6.73. The summed E-state index contributed by atoms with van der Waals surface area (Å²) >= 11 is 0. The van der Waals surface area contributed by atoms with Crippen LogP contribution in [0.4, 0.5) is 0 Å². The number of amides is 1. The second-order valence-corrected chi connectivity index (χ2v) is 9.62. The Labute approximate surface area is 196 Å². The lowest BCUT2D eigenvalue weighted by molar-refractivity contribution is -0.147. The molecule has 0 aromatic carbocycles. The monoisotopic (exact) mass is 471 g/mol. The molecule has 9 heteroatoms. The Kier molecular flexibility index (Phi) is 11.6. The Hall–Kier alpha value is -1.71. The highest BCUT2D eigenvalue weighted by atomic mass is 16.5. The summed E-state index contributed by atoms with van der Waals surface area (Å²) in [5.74, 6) is -2.96. The number of ether oxygens (including phenoxy) is 3. The van der Waals surface area contributed by atoms with Gasteiger partial charge in [-0.1, -0.05) is 12.8 Å². The smallest absolute Gasteiger partial charge is 0.308 e. The van der Waals surface area contributed by atoms with Gasteiger partial charge in [-0.05, 0) is 57.3 Å². The highest BCUT2D eigenvalue weighted by Crippen LogP contribution is 2.44. The molecule has 190 valence electrons. The van der Waals surface area contributed by atoms with Crippen LogP contribution in [0.25, 0.3) is 0 Å². The molecule has 2 rings (SSSR count). The van der Waals surface area contributed by atoms with E-state index in [9.17, 15) is 24.6 Å². The number of hydrogen-bond donors (Lipinski definition) is 3. The van der Waals surface area contributed by atoms with Gasteiger partial charge in [0.1, 0.15) is 0 Å². The lowest BCUT2D eigenvalue weighted by Crippen LogP contribution is -2.49. The van der Waals surface area contributed by atoms with Gasteiger partial charge in [0.15, 0.2) is 0 Å². The Morgan fingerprint density at radius 3 is 2.33 bits per heavy atom. The number of rotatable bonds is 15.